The van der Waals surface area contributed by atoms with E-state index in [1.165, 1.54) is 5.56 Å². The van der Waals surface area contributed by atoms with Crippen LogP contribution in [0.15, 0.2) is 18.2 Å². The fourth-order valence-electron chi connectivity index (χ4n) is 3.15. The van der Waals surface area contributed by atoms with Crippen LogP contribution in [0.4, 0.5) is 4.79 Å². The summed E-state index contributed by atoms with van der Waals surface area (Å²) in [5.41, 5.74) is 0.969. The molecule has 0 saturated carbocycles. The summed E-state index contributed by atoms with van der Waals surface area (Å²) in [6, 6.07) is 5.78. The molecule has 2 heterocycles. The number of rotatable bonds is 1. The average molecular weight is 338 g/mol. The molecule has 1 aromatic rings. The van der Waals surface area contributed by atoms with E-state index in [9.17, 15) is 4.79 Å². The second-order valence-electron chi connectivity index (χ2n) is 7.82. The Morgan fingerprint density at radius 3 is 2.70 bits per heavy atom. The first-order valence-electron chi connectivity index (χ1n) is 8.16. The van der Waals surface area contributed by atoms with Crippen LogP contribution >= 0.6 is 11.6 Å². The van der Waals surface area contributed by atoms with Crippen molar-refractivity contribution in [2.45, 2.75) is 45.6 Å². The van der Waals surface area contributed by atoms with Crippen molar-refractivity contribution in [2.24, 2.45) is 5.41 Å². The predicted molar refractivity (Wildman–Crippen MR) is 90.1 cm³/mol. The SMILES string of the molecule is CC(C)(C)COC(=O)N1CCC2(CC1)Cc1cc(Cl)ccc1O2. The van der Waals surface area contributed by atoms with E-state index in [2.05, 4.69) is 20.8 Å². The molecular formula is C18H24ClNO3. The highest BCUT2D eigenvalue weighted by atomic mass is 35.5. The van der Waals surface area contributed by atoms with Crippen LogP contribution in [-0.2, 0) is 11.2 Å². The first kappa shape index (κ1) is 16.4. The molecule has 0 aromatic heterocycles. The van der Waals surface area contributed by atoms with E-state index in [4.69, 9.17) is 21.1 Å². The number of hydrogen-bond donors (Lipinski definition) is 0. The van der Waals surface area contributed by atoms with Crippen LogP contribution < -0.4 is 4.74 Å². The third kappa shape index (κ3) is 3.74. The largest absolute Gasteiger partial charge is 0.487 e. The summed E-state index contributed by atoms with van der Waals surface area (Å²) in [7, 11) is 0. The molecule has 1 fully saturated rings. The number of benzene rings is 1. The first-order valence-corrected chi connectivity index (χ1v) is 8.53. The summed E-state index contributed by atoms with van der Waals surface area (Å²) in [5.74, 6) is 0.929. The van der Waals surface area contributed by atoms with Gasteiger partial charge >= 0.3 is 6.09 Å². The van der Waals surface area contributed by atoms with E-state index in [1.54, 1.807) is 4.90 Å². The molecular weight excluding hydrogens is 314 g/mol. The van der Waals surface area contributed by atoms with Crippen molar-refractivity contribution in [1.29, 1.82) is 0 Å². The van der Waals surface area contributed by atoms with Gasteiger partial charge in [-0.1, -0.05) is 32.4 Å². The number of fused-ring (bicyclic) bond motifs is 1. The van der Waals surface area contributed by atoms with Gasteiger partial charge in [0.1, 0.15) is 11.4 Å². The highest BCUT2D eigenvalue weighted by molar-refractivity contribution is 6.30. The summed E-state index contributed by atoms with van der Waals surface area (Å²) >= 11 is 6.06. The van der Waals surface area contributed by atoms with Gasteiger partial charge in [0.25, 0.3) is 0 Å². The van der Waals surface area contributed by atoms with Gasteiger partial charge < -0.3 is 14.4 Å². The number of ether oxygens (including phenoxy) is 2. The smallest absolute Gasteiger partial charge is 0.409 e. The topological polar surface area (TPSA) is 38.8 Å². The third-order valence-electron chi connectivity index (χ3n) is 4.42. The lowest BCUT2D eigenvalue weighted by Gasteiger charge is -2.38. The molecule has 2 aliphatic heterocycles. The van der Waals surface area contributed by atoms with Gasteiger partial charge in [-0.05, 0) is 29.2 Å². The summed E-state index contributed by atoms with van der Waals surface area (Å²) in [6.45, 7) is 7.95. The molecule has 0 unspecified atom stereocenters. The van der Waals surface area contributed by atoms with Crippen LogP contribution in [-0.4, -0.2) is 36.3 Å². The zero-order valence-corrected chi connectivity index (χ0v) is 14.8. The molecule has 0 N–H and O–H groups in total. The third-order valence-corrected chi connectivity index (χ3v) is 4.66. The van der Waals surface area contributed by atoms with Crippen LogP contribution in [0.1, 0.15) is 39.2 Å². The molecule has 0 bridgehead atoms. The van der Waals surface area contributed by atoms with E-state index in [0.717, 1.165) is 30.0 Å². The number of halogens is 1. The summed E-state index contributed by atoms with van der Waals surface area (Å²) in [5, 5.41) is 0.743. The number of hydrogen-bond acceptors (Lipinski definition) is 3. The highest BCUT2D eigenvalue weighted by Gasteiger charge is 2.43. The Kier molecular flexibility index (Phi) is 4.21. The van der Waals surface area contributed by atoms with Gasteiger partial charge in [0.05, 0.1) is 6.61 Å². The maximum Gasteiger partial charge on any atom is 0.409 e. The molecule has 3 rings (SSSR count). The van der Waals surface area contributed by atoms with Crippen LogP contribution in [0.2, 0.25) is 5.02 Å². The normalized spacial score (nSPS) is 19.4. The van der Waals surface area contributed by atoms with Gasteiger partial charge in [0.15, 0.2) is 0 Å². The molecule has 126 valence electrons. The first-order chi connectivity index (χ1) is 10.8. The Morgan fingerprint density at radius 1 is 1.35 bits per heavy atom. The maximum atomic E-state index is 12.2. The second kappa shape index (κ2) is 5.90. The van der Waals surface area contributed by atoms with Gasteiger partial charge in [-0.2, -0.15) is 0 Å². The van der Waals surface area contributed by atoms with E-state index >= 15 is 0 Å². The zero-order valence-electron chi connectivity index (χ0n) is 14.0. The second-order valence-corrected chi connectivity index (χ2v) is 8.25. The van der Waals surface area contributed by atoms with Gasteiger partial charge in [-0.15, -0.1) is 0 Å². The number of amides is 1. The molecule has 1 saturated heterocycles. The minimum Gasteiger partial charge on any atom is -0.487 e. The molecule has 5 heteroatoms. The van der Waals surface area contributed by atoms with E-state index in [-0.39, 0.29) is 17.1 Å². The standard InChI is InChI=1S/C18H24ClNO3/c1-17(2,3)12-22-16(21)20-8-6-18(7-9-20)11-13-10-14(19)4-5-15(13)23-18/h4-5,10H,6-9,11-12H2,1-3H3. The predicted octanol–water partition coefficient (Wildman–Crippen LogP) is 4.29. The monoisotopic (exact) mass is 337 g/mol. The van der Waals surface area contributed by atoms with Crippen molar-refractivity contribution in [3.8, 4) is 5.75 Å². The Morgan fingerprint density at radius 2 is 2.04 bits per heavy atom. The van der Waals surface area contributed by atoms with Gasteiger partial charge in [-0.25, -0.2) is 4.79 Å². The summed E-state index contributed by atoms with van der Waals surface area (Å²) in [4.78, 5) is 13.9. The minimum atomic E-state index is -0.215. The van der Waals surface area contributed by atoms with Crippen molar-refractivity contribution in [1.82, 2.24) is 4.90 Å². The Balaban J connectivity index is 1.56. The van der Waals surface area contributed by atoms with Crippen LogP contribution in [0.3, 0.4) is 0 Å². The number of nitrogens with zero attached hydrogens (tertiary/aromatic N) is 1. The van der Waals surface area contributed by atoms with Crippen molar-refractivity contribution < 1.29 is 14.3 Å². The average Bonchev–Trinajstić information content (AvgIpc) is 2.81. The Labute approximate surface area is 142 Å². The Hall–Kier alpha value is -1.42. The number of carbonyl (C=O) groups excluding carboxylic acids is 1. The molecule has 2 aliphatic rings. The number of piperidine rings is 1. The van der Waals surface area contributed by atoms with Crippen LogP contribution in [0, 0.1) is 5.41 Å². The molecule has 0 aliphatic carbocycles. The molecule has 0 radical (unpaired) electrons. The minimum absolute atomic E-state index is 0.0118. The van der Waals surface area contributed by atoms with Crippen LogP contribution in [0.5, 0.6) is 5.75 Å². The highest BCUT2D eigenvalue weighted by Crippen LogP contribution is 2.42. The van der Waals surface area contributed by atoms with E-state index in [0.29, 0.717) is 19.7 Å². The lowest BCUT2D eigenvalue weighted by molar-refractivity contribution is 0.00956. The van der Waals surface area contributed by atoms with Crippen LogP contribution in [0.25, 0.3) is 0 Å². The zero-order chi connectivity index (χ0) is 16.7. The molecule has 1 amide bonds. The number of carbonyl (C=O) groups is 1. The fraction of sp³-hybridized carbons (Fsp3) is 0.611. The molecule has 1 aromatic carbocycles. The van der Waals surface area contributed by atoms with Crippen molar-refractivity contribution in [3.63, 3.8) is 0 Å². The Bertz CT molecular complexity index is 601. The molecule has 4 nitrogen and oxygen atoms in total. The number of likely N-dealkylation sites (tertiary alicyclic amines) is 1. The fourth-order valence-corrected chi connectivity index (χ4v) is 3.34. The summed E-state index contributed by atoms with van der Waals surface area (Å²) < 4.78 is 11.6. The van der Waals surface area contributed by atoms with Crippen molar-refractivity contribution in [3.05, 3.63) is 28.8 Å². The summed E-state index contributed by atoms with van der Waals surface area (Å²) in [6.07, 6.45) is 2.30. The quantitative estimate of drug-likeness (QED) is 0.767. The lowest BCUT2D eigenvalue weighted by atomic mass is 9.87. The van der Waals surface area contributed by atoms with Gasteiger partial charge in [0, 0.05) is 37.4 Å². The maximum absolute atomic E-state index is 12.2. The molecule has 0 atom stereocenters. The molecule has 1 spiro atoms. The van der Waals surface area contributed by atoms with Crippen molar-refractivity contribution >= 4 is 17.7 Å². The molecule has 23 heavy (non-hydrogen) atoms. The van der Waals surface area contributed by atoms with Crippen molar-refractivity contribution in [2.75, 3.05) is 19.7 Å². The van der Waals surface area contributed by atoms with E-state index < -0.39 is 0 Å². The van der Waals surface area contributed by atoms with Gasteiger partial charge in [-0.3, -0.25) is 0 Å². The van der Waals surface area contributed by atoms with E-state index in [1.807, 2.05) is 18.2 Å². The van der Waals surface area contributed by atoms with Gasteiger partial charge in [0.2, 0.25) is 0 Å². The lowest BCUT2D eigenvalue weighted by Crippen LogP contribution is -2.49.